The molecular weight excluding hydrogens is 300 g/mol. The largest absolute Gasteiger partial charge is 0.370 e. The van der Waals surface area contributed by atoms with Gasteiger partial charge in [-0.05, 0) is 19.1 Å². The SMILES string of the molecule is CC(Nc1cccc(S(C)(=O)=O)c1[N+](=O)[O-])c1nn[nH]n1. The number of nitro benzene ring substituents is 1. The van der Waals surface area contributed by atoms with Crippen LogP contribution in [0, 0.1) is 10.1 Å². The van der Waals surface area contributed by atoms with Crippen LogP contribution in [0.3, 0.4) is 0 Å². The highest BCUT2D eigenvalue weighted by molar-refractivity contribution is 7.90. The fraction of sp³-hybridized carbons (Fsp3) is 0.300. The number of nitrogens with zero attached hydrogens (tertiary/aromatic N) is 4. The number of aromatic nitrogens is 4. The van der Waals surface area contributed by atoms with Crippen LogP contribution in [0.4, 0.5) is 11.4 Å². The normalized spacial score (nSPS) is 12.9. The van der Waals surface area contributed by atoms with Crippen LogP contribution < -0.4 is 5.32 Å². The van der Waals surface area contributed by atoms with Crippen molar-refractivity contribution in [2.45, 2.75) is 17.9 Å². The molecule has 0 spiro atoms. The molecule has 2 aromatic rings. The Labute approximate surface area is 119 Å². The molecule has 0 aliphatic carbocycles. The summed E-state index contributed by atoms with van der Waals surface area (Å²) in [7, 11) is -3.72. The van der Waals surface area contributed by atoms with E-state index in [1.807, 2.05) is 0 Å². The third-order valence-corrected chi connectivity index (χ3v) is 3.83. The van der Waals surface area contributed by atoms with Crippen LogP contribution in [-0.2, 0) is 9.84 Å². The number of tetrazole rings is 1. The number of anilines is 1. The van der Waals surface area contributed by atoms with Crippen molar-refractivity contribution in [1.82, 2.24) is 20.6 Å². The van der Waals surface area contributed by atoms with Gasteiger partial charge in [0.15, 0.2) is 15.7 Å². The van der Waals surface area contributed by atoms with Gasteiger partial charge in [-0.3, -0.25) is 10.1 Å². The van der Waals surface area contributed by atoms with Crippen LogP contribution in [0.1, 0.15) is 18.8 Å². The van der Waals surface area contributed by atoms with Crippen LogP contribution >= 0.6 is 0 Å². The van der Waals surface area contributed by atoms with Crippen LogP contribution in [-0.4, -0.2) is 40.2 Å². The van der Waals surface area contributed by atoms with E-state index in [-0.39, 0.29) is 10.6 Å². The fourth-order valence-electron chi connectivity index (χ4n) is 1.78. The van der Waals surface area contributed by atoms with Crippen LogP contribution in [0.2, 0.25) is 0 Å². The molecule has 0 aliphatic heterocycles. The van der Waals surface area contributed by atoms with Gasteiger partial charge < -0.3 is 5.32 Å². The summed E-state index contributed by atoms with van der Waals surface area (Å²) >= 11 is 0. The van der Waals surface area contributed by atoms with E-state index in [9.17, 15) is 18.5 Å². The van der Waals surface area contributed by atoms with Gasteiger partial charge in [0.25, 0.3) is 0 Å². The summed E-state index contributed by atoms with van der Waals surface area (Å²) in [6, 6.07) is 3.55. The zero-order valence-electron chi connectivity index (χ0n) is 11.1. The van der Waals surface area contributed by atoms with E-state index in [0.29, 0.717) is 5.82 Å². The van der Waals surface area contributed by atoms with Gasteiger partial charge in [-0.1, -0.05) is 11.3 Å². The van der Waals surface area contributed by atoms with E-state index in [2.05, 4.69) is 25.9 Å². The maximum atomic E-state index is 11.7. The number of para-hydroxylation sites is 1. The first-order valence-electron chi connectivity index (χ1n) is 5.78. The molecule has 112 valence electrons. The van der Waals surface area contributed by atoms with Crippen molar-refractivity contribution in [2.75, 3.05) is 11.6 Å². The second-order valence-corrected chi connectivity index (χ2v) is 6.30. The van der Waals surface area contributed by atoms with Crippen LogP contribution in [0.25, 0.3) is 0 Å². The topological polar surface area (TPSA) is 144 Å². The van der Waals surface area contributed by atoms with Gasteiger partial charge in [-0.15, -0.1) is 10.2 Å². The van der Waals surface area contributed by atoms with Crippen molar-refractivity contribution < 1.29 is 13.3 Å². The minimum absolute atomic E-state index is 0.0697. The highest BCUT2D eigenvalue weighted by Crippen LogP contribution is 2.33. The molecule has 11 heteroatoms. The van der Waals surface area contributed by atoms with E-state index in [4.69, 9.17) is 0 Å². The third-order valence-electron chi connectivity index (χ3n) is 2.70. The van der Waals surface area contributed by atoms with Gasteiger partial charge >= 0.3 is 5.69 Å². The Hall–Kier alpha value is -2.56. The zero-order chi connectivity index (χ0) is 15.6. The lowest BCUT2D eigenvalue weighted by atomic mass is 10.2. The second-order valence-electron chi connectivity index (χ2n) is 4.32. The molecule has 0 aliphatic rings. The number of nitro groups is 1. The predicted molar refractivity (Wildman–Crippen MR) is 72.4 cm³/mol. The quantitative estimate of drug-likeness (QED) is 0.606. The minimum atomic E-state index is -3.72. The molecule has 0 saturated carbocycles. The maximum absolute atomic E-state index is 11.7. The van der Waals surface area contributed by atoms with Crippen molar-refractivity contribution in [3.63, 3.8) is 0 Å². The summed E-state index contributed by atoms with van der Waals surface area (Å²) in [4.78, 5) is 10.1. The lowest BCUT2D eigenvalue weighted by Gasteiger charge is -2.13. The van der Waals surface area contributed by atoms with E-state index < -0.39 is 26.5 Å². The first-order chi connectivity index (χ1) is 9.80. The molecular formula is C10H12N6O4S. The van der Waals surface area contributed by atoms with Crippen LogP contribution in [0.15, 0.2) is 23.1 Å². The first kappa shape index (κ1) is 14.8. The Morgan fingerprint density at radius 3 is 2.67 bits per heavy atom. The van der Waals surface area contributed by atoms with Crippen LogP contribution in [0.5, 0.6) is 0 Å². The second kappa shape index (κ2) is 5.44. The van der Waals surface area contributed by atoms with Gasteiger partial charge in [0, 0.05) is 6.26 Å². The molecule has 1 aromatic carbocycles. The number of nitrogens with one attached hydrogen (secondary N) is 2. The molecule has 1 unspecified atom stereocenters. The van der Waals surface area contributed by atoms with E-state index in [0.717, 1.165) is 6.26 Å². The van der Waals surface area contributed by atoms with Gasteiger partial charge in [0.1, 0.15) is 10.6 Å². The third kappa shape index (κ3) is 3.13. The average Bonchev–Trinajstić information content (AvgIpc) is 2.91. The van der Waals surface area contributed by atoms with Crippen molar-refractivity contribution in [3.05, 3.63) is 34.1 Å². The monoisotopic (exact) mass is 312 g/mol. The fourth-order valence-corrected chi connectivity index (χ4v) is 2.64. The molecule has 0 amide bonds. The van der Waals surface area contributed by atoms with Gasteiger partial charge in [-0.25, -0.2) is 8.42 Å². The van der Waals surface area contributed by atoms with Gasteiger partial charge in [-0.2, -0.15) is 5.21 Å². The summed E-state index contributed by atoms with van der Waals surface area (Å²) in [5, 5.41) is 27.2. The number of benzene rings is 1. The molecule has 0 bridgehead atoms. The molecule has 1 heterocycles. The molecule has 0 saturated heterocycles. The summed E-state index contributed by atoms with van der Waals surface area (Å²) in [5.41, 5.74) is -0.435. The number of sulfone groups is 1. The lowest BCUT2D eigenvalue weighted by molar-refractivity contribution is -0.386. The lowest BCUT2D eigenvalue weighted by Crippen LogP contribution is -2.12. The van der Waals surface area contributed by atoms with Crippen molar-refractivity contribution in [3.8, 4) is 0 Å². The van der Waals surface area contributed by atoms with E-state index in [1.54, 1.807) is 6.92 Å². The standard InChI is InChI=1S/C10H12N6O4S/c1-6(10-12-14-15-13-10)11-7-4-3-5-8(21(2,19)20)9(7)16(17)18/h3-6,11H,1-2H3,(H,12,13,14,15). The molecule has 2 rings (SSSR count). The van der Waals surface area contributed by atoms with Crippen molar-refractivity contribution >= 4 is 21.2 Å². The highest BCUT2D eigenvalue weighted by Gasteiger charge is 2.27. The Kier molecular flexibility index (Phi) is 3.84. The summed E-state index contributed by atoms with van der Waals surface area (Å²) < 4.78 is 23.3. The summed E-state index contributed by atoms with van der Waals surface area (Å²) in [5.74, 6) is 0.300. The average molecular weight is 312 g/mol. The number of hydrogen-bond donors (Lipinski definition) is 2. The van der Waals surface area contributed by atoms with E-state index in [1.165, 1.54) is 18.2 Å². The Bertz CT molecular complexity index is 758. The van der Waals surface area contributed by atoms with Gasteiger partial charge in [0.2, 0.25) is 0 Å². The Morgan fingerprint density at radius 1 is 1.43 bits per heavy atom. The first-order valence-corrected chi connectivity index (χ1v) is 7.67. The maximum Gasteiger partial charge on any atom is 0.310 e. The Balaban J connectivity index is 2.47. The molecule has 1 aromatic heterocycles. The number of hydrogen-bond acceptors (Lipinski definition) is 8. The van der Waals surface area contributed by atoms with Crippen molar-refractivity contribution in [2.24, 2.45) is 0 Å². The highest BCUT2D eigenvalue weighted by atomic mass is 32.2. The summed E-state index contributed by atoms with van der Waals surface area (Å²) in [6.07, 6.45) is 0.918. The number of aromatic amines is 1. The number of rotatable bonds is 5. The smallest absolute Gasteiger partial charge is 0.310 e. The van der Waals surface area contributed by atoms with E-state index >= 15 is 0 Å². The molecule has 10 nitrogen and oxygen atoms in total. The minimum Gasteiger partial charge on any atom is -0.370 e. The summed E-state index contributed by atoms with van der Waals surface area (Å²) in [6.45, 7) is 1.67. The van der Waals surface area contributed by atoms with Gasteiger partial charge in [0.05, 0.1) is 11.0 Å². The number of H-pyrrole nitrogens is 1. The molecule has 1 atom stereocenters. The predicted octanol–water partition coefficient (Wildman–Crippen LogP) is 0.684. The van der Waals surface area contributed by atoms with Crippen molar-refractivity contribution in [1.29, 1.82) is 0 Å². The molecule has 0 fully saturated rings. The Morgan fingerprint density at radius 2 is 2.14 bits per heavy atom. The molecule has 2 N–H and O–H groups in total. The molecule has 0 radical (unpaired) electrons. The molecule has 21 heavy (non-hydrogen) atoms. The zero-order valence-corrected chi connectivity index (χ0v) is 12.0.